The summed E-state index contributed by atoms with van der Waals surface area (Å²) in [5.41, 5.74) is 1.90. The van der Waals surface area contributed by atoms with Crippen LogP contribution in [0, 0.1) is 0 Å². The van der Waals surface area contributed by atoms with Crippen molar-refractivity contribution in [3.63, 3.8) is 0 Å². The minimum absolute atomic E-state index is 0.0934. The molecule has 2 aliphatic heterocycles. The average molecular weight is 396 g/mol. The number of hydrogen-bond donors (Lipinski definition) is 1. The summed E-state index contributed by atoms with van der Waals surface area (Å²) in [5.74, 6) is 0.437. The van der Waals surface area contributed by atoms with Gasteiger partial charge in [-0.05, 0) is 36.4 Å². The molecule has 0 aliphatic carbocycles. The monoisotopic (exact) mass is 396 g/mol. The van der Waals surface area contributed by atoms with Gasteiger partial charge in [-0.2, -0.15) is 0 Å². The fourth-order valence-electron chi connectivity index (χ4n) is 4.14. The standard InChI is InChI=1S/C25H20N2O3/c28-23-16-25(27(23)21-12-5-2-6-13-21,24(29)26-20-10-3-1-4-11-20)19-15-18-9-7-8-14-22(18)30-17-19/h1-15H,16-17H2,(H,26,29). The first-order valence-corrected chi connectivity index (χ1v) is 9.86. The zero-order valence-corrected chi connectivity index (χ0v) is 16.2. The predicted molar refractivity (Wildman–Crippen MR) is 116 cm³/mol. The summed E-state index contributed by atoms with van der Waals surface area (Å²) < 4.78 is 5.95. The summed E-state index contributed by atoms with van der Waals surface area (Å²) in [6, 6.07) is 26.3. The molecule has 148 valence electrons. The topological polar surface area (TPSA) is 58.6 Å². The number of carbonyl (C=O) groups is 2. The third-order valence-corrected chi connectivity index (χ3v) is 5.62. The number of anilines is 2. The molecular formula is C25H20N2O3. The number of rotatable bonds is 4. The van der Waals surface area contributed by atoms with E-state index in [9.17, 15) is 9.59 Å². The summed E-state index contributed by atoms with van der Waals surface area (Å²) in [6.07, 6.45) is 2.07. The van der Waals surface area contributed by atoms with Crippen LogP contribution in [-0.4, -0.2) is 24.0 Å². The van der Waals surface area contributed by atoms with Crippen LogP contribution in [0.2, 0.25) is 0 Å². The van der Waals surface area contributed by atoms with E-state index in [4.69, 9.17) is 4.74 Å². The van der Waals surface area contributed by atoms with Gasteiger partial charge in [-0.3, -0.25) is 14.5 Å². The Bertz CT molecular complexity index is 1140. The average Bonchev–Trinajstić information content (AvgIpc) is 2.78. The highest BCUT2D eigenvalue weighted by atomic mass is 16.5. The highest BCUT2D eigenvalue weighted by Gasteiger charge is 2.60. The van der Waals surface area contributed by atoms with Gasteiger partial charge in [-0.1, -0.05) is 54.6 Å². The second-order valence-corrected chi connectivity index (χ2v) is 7.42. The second kappa shape index (κ2) is 7.19. The first-order valence-electron chi connectivity index (χ1n) is 9.86. The van der Waals surface area contributed by atoms with Gasteiger partial charge in [-0.15, -0.1) is 0 Å². The molecule has 3 aromatic rings. The summed E-state index contributed by atoms with van der Waals surface area (Å²) in [4.78, 5) is 28.0. The van der Waals surface area contributed by atoms with Crippen LogP contribution in [0.15, 0.2) is 90.5 Å². The number of benzene rings is 3. The maximum atomic E-state index is 13.7. The van der Waals surface area contributed by atoms with Crippen LogP contribution in [0.3, 0.4) is 0 Å². The molecule has 1 fully saturated rings. The van der Waals surface area contributed by atoms with Gasteiger partial charge in [0.15, 0.2) is 5.54 Å². The SMILES string of the molecule is O=C1CC(C(=O)Nc2ccccc2)(C2=Cc3ccccc3OC2)N1c1ccccc1. The van der Waals surface area contributed by atoms with Gasteiger partial charge in [0, 0.05) is 22.5 Å². The first kappa shape index (κ1) is 18.2. The van der Waals surface area contributed by atoms with Crippen molar-refractivity contribution in [2.75, 3.05) is 16.8 Å². The van der Waals surface area contributed by atoms with E-state index in [2.05, 4.69) is 5.32 Å². The molecular weight excluding hydrogens is 376 g/mol. The largest absolute Gasteiger partial charge is 0.489 e. The second-order valence-electron chi connectivity index (χ2n) is 7.42. The Morgan fingerprint density at radius 1 is 0.900 bits per heavy atom. The van der Waals surface area contributed by atoms with Crippen LogP contribution in [-0.2, 0) is 9.59 Å². The number of β-lactam (4-membered cyclic amide) rings is 1. The van der Waals surface area contributed by atoms with E-state index in [1.165, 1.54) is 0 Å². The van der Waals surface area contributed by atoms with Crippen molar-refractivity contribution in [1.82, 2.24) is 0 Å². The Balaban J connectivity index is 1.61. The van der Waals surface area contributed by atoms with E-state index in [1.807, 2.05) is 91.0 Å². The van der Waals surface area contributed by atoms with Crippen molar-refractivity contribution in [3.05, 3.63) is 96.1 Å². The zero-order chi connectivity index (χ0) is 20.6. The van der Waals surface area contributed by atoms with Crippen LogP contribution in [0.5, 0.6) is 5.75 Å². The molecule has 5 heteroatoms. The molecule has 0 spiro atoms. The zero-order valence-electron chi connectivity index (χ0n) is 16.2. The van der Waals surface area contributed by atoms with Crippen LogP contribution in [0.25, 0.3) is 6.08 Å². The lowest BCUT2D eigenvalue weighted by atomic mass is 9.74. The molecule has 0 saturated carbocycles. The minimum atomic E-state index is -1.14. The number of para-hydroxylation sites is 3. The van der Waals surface area contributed by atoms with Crippen molar-refractivity contribution < 1.29 is 14.3 Å². The first-order chi connectivity index (χ1) is 14.7. The molecule has 3 aromatic carbocycles. The predicted octanol–water partition coefficient (Wildman–Crippen LogP) is 4.28. The Hall–Kier alpha value is -3.86. The summed E-state index contributed by atoms with van der Waals surface area (Å²) >= 11 is 0. The van der Waals surface area contributed by atoms with E-state index >= 15 is 0 Å². The number of nitrogens with one attached hydrogen (secondary N) is 1. The van der Waals surface area contributed by atoms with Crippen LogP contribution < -0.4 is 15.0 Å². The Morgan fingerprint density at radius 3 is 2.30 bits per heavy atom. The van der Waals surface area contributed by atoms with E-state index in [0.717, 1.165) is 16.9 Å². The third kappa shape index (κ3) is 2.87. The van der Waals surface area contributed by atoms with Gasteiger partial charge < -0.3 is 10.1 Å². The lowest BCUT2D eigenvalue weighted by Crippen LogP contribution is -2.71. The van der Waals surface area contributed by atoms with Crippen molar-refractivity contribution in [3.8, 4) is 5.75 Å². The van der Waals surface area contributed by atoms with Crippen molar-refractivity contribution in [2.45, 2.75) is 12.0 Å². The van der Waals surface area contributed by atoms with E-state index in [0.29, 0.717) is 11.4 Å². The normalized spacial score (nSPS) is 19.8. The summed E-state index contributed by atoms with van der Waals surface area (Å²) in [5, 5.41) is 3.00. The van der Waals surface area contributed by atoms with Gasteiger partial charge in [0.2, 0.25) is 5.91 Å². The third-order valence-electron chi connectivity index (χ3n) is 5.62. The molecule has 2 aliphatic rings. The number of amides is 2. The maximum Gasteiger partial charge on any atom is 0.255 e. The molecule has 0 aromatic heterocycles. The maximum absolute atomic E-state index is 13.7. The van der Waals surface area contributed by atoms with Gasteiger partial charge >= 0.3 is 0 Å². The number of hydrogen-bond acceptors (Lipinski definition) is 3. The van der Waals surface area contributed by atoms with Gasteiger partial charge in [-0.25, -0.2) is 0 Å². The molecule has 1 unspecified atom stereocenters. The molecule has 2 heterocycles. The highest BCUT2D eigenvalue weighted by molar-refractivity contribution is 6.19. The van der Waals surface area contributed by atoms with Gasteiger partial charge in [0.05, 0.1) is 6.42 Å². The number of carbonyl (C=O) groups excluding carboxylic acids is 2. The van der Waals surface area contributed by atoms with Crippen LogP contribution in [0.1, 0.15) is 12.0 Å². The van der Waals surface area contributed by atoms with Crippen molar-refractivity contribution >= 4 is 29.3 Å². The summed E-state index contributed by atoms with van der Waals surface area (Å²) in [7, 11) is 0. The van der Waals surface area contributed by atoms with E-state index in [1.54, 1.807) is 4.90 Å². The molecule has 0 bridgehead atoms. The Kier molecular flexibility index (Phi) is 4.36. The fourth-order valence-corrected chi connectivity index (χ4v) is 4.14. The van der Waals surface area contributed by atoms with Crippen LogP contribution >= 0.6 is 0 Å². The minimum Gasteiger partial charge on any atom is -0.489 e. The highest BCUT2D eigenvalue weighted by Crippen LogP contribution is 2.45. The Labute approximate surface area is 174 Å². The van der Waals surface area contributed by atoms with Gasteiger partial charge in [0.1, 0.15) is 12.4 Å². The van der Waals surface area contributed by atoms with Gasteiger partial charge in [0.25, 0.3) is 5.91 Å². The molecule has 5 nitrogen and oxygen atoms in total. The quantitative estimate of drug-likeness (QED) is 0.670. The number of fused-ring (bicyclic) bond motifs is 1. The smallest absolute Gasteiger partial charge is 0.255 e. The molecule has 0 radical (unpaired) electrons. The van der Waals surface area contributed by atoms with E-state index in [-0.39, 0.29) is 24.8 Å². The van der Waals surface area contributed by atoms with Crippen molar-refractivity contribution in [2.24, 2.45) is 0 Å². The molecule has 5 rings (SSSR count). The lowest BCUT2D eigenvalue weighted by Gasteiger charge is -2.52. The van der Waals surface area contributed by atoms with Crippen molar-refractivity contribution in [1.29, 1.82) is 0 Å². The molecule has 1 saturated heterocycles. The Morgan fingerprint density at radius 2 is 1.57 bits per heavy atom. The van der Waals surface area contributed by atoms with E-state index < -0.39 is 5.54 Å². The van der Waals surface area contributed by atoms with Crippen LogP contribution in [0.4, 0.5) is 11.4 Å². The number of nitrogens with zero attached hydrogens (tertiary/aromatic N) is 1. The molecule has 2 amide bonds. The fraction of sp³-hybridized carbons (Fsp3) is 0.120. The lowest BCUT2D eigenvalue weighted by molar-refractivity contribution is -0.135. The number of ether oxygens (including phenoxy) is 1. The molecule has 1 N–H and O–H groups in total. The molecule has 30 heavy (non-hydrogen) atoms. The molecule has 1 atom stereocenters. The summed E-state index contributed by atoms with van der Waals surface area (Å²) in [6.45, 7) is 0.246.